The maximum atomic E-state index is 12.8. The van der Waals surface area contributed by atoms with Crippen molar-refractivity contribution in [3.63, 3.8) is 0 Å². The minimum absolute atomic E-state index is 0.105. The molecule has 0 aromatic heterocycles. The monoisotopic (exact) mass is 388 g/mol. The number of carbonyl (C=O) groups excluding carboxylic acids is 1. The summed E-state index contributed by atoms with van der Waals surface area (Å²) in [5, 5.41) is 0. The molecular weight excluding hydrogens is 364 g/mol. The van der Waals surface area contributed by atoms with E-state index >= 15 is 0 Å². The summed E-state index contributed by atoms with van der Waals surface area (Å²) < 4.78 is 30.7. The Bertz CT molecular complexity index is 972. The first-order valence-electron chi connectivity index (χ1n) is 8.71. The van der Waals surface area contributed by atoms with Gasteiger partial charge < -0.3 is 9.64 Å². The second-order valence-electron chi connectivity index (χ2n) is 6.97. The first kappa shape index (κ1) is 19.2. The molecule has 144 valence electrons. The summed E-state index contributed by atoms with van der Waals surface area (Å²) in [5.74, 6) is 0.645. The number of methoxy groups -OCH3 is 1. The van der Waals surface area contributed by atoms with Crippen molar-refractivity contribution in [1.82, 2.24) is 4.90 Å². The van der Waals surface area contributed by atoms with Crippen LogP contribution in [-0.2, 0) is 23.0 Å². The Morgan fingerprint density at radius 2 is 2.00 bits per heavy atom. The summed E-state index contributed by atoms with van der Waals surface area (Å²) in [7, 11) is 0.0251. The van der Waals surface area contributed by atoms with E-state index in [9.17, 15) is 13.2 Å². The maximum absolute atomic E-state index is 12.8. The van der Waals surface area contributed by atoms with Crippen molar-refractivity contribution in [3.05, 3.63) is 59.2 Å². The van der Waals surface area contributed by atoms with E-state index in [0.29, 0.717) is 24.2 Å². The lowest BCUT2D eigenvalue weighted by molar-refractivity contribution is 0.0785. The van der Waals surface area contributed by atoms with Crippen molar-refractivity contribution < 1.29 is 17.9 Å². The largest absolute Gasteiger partial charge is 0.497 e. The van der Waals surface area contributed by atoms with Crippen molar-refractivity contribution in [2.24, 2.45) is 0 Å². The van der Waals surface area contributed by atoms with Gasteiger partial charge in [0.05, 0.1) is 19.1 Å². The number of nitrogens with zero attached hydrogens (tertiary/aromatic N) is 2. The van der Waals surface area contributed by atoms with Gasteiger partial charge in [-0.15, -0.1) is 0 Å². The van der Waals surface area contributed by atoms with Crippen LogP contribution in [-0.4, -0.2) is 45.7 Å². The number of amides is 1. The normalized spacial score (nSPS) is 16.1. The molecule has 0 radical (unpaired) electrons. The molecule has 2 aromatic rings. The summed E-state index contributed by atoms with van der Waals surface area (Å²) >= 11 is 0. The van der Waals surface area contributed by atoms with Gasteiger partial charge in [0.15, 0.2) is 0 Å². The number of ether oxygens (including phenoxy) is 1. The van der Waals surface area contributed by atoms with Crippen LogP contribution in [0.2, 0.25) is 0 Å². The Morgan fingerprint density at radius 1 is 1.26 bits per heavy atom. The molecule has 1 atom stereocenters. The van der Waals surface area contributed by atoms with Crippen molar-refractivity contribution in [2.45, 2.75) is 25.9 Å². The number of rotatable bonds is 5. The van der Waals surface area contributed by atoms with E-state index in [0.717, 1.165) is 16.9 Å². The summed E-state index contributed by atoms with van der Waals surface area (Å²) in [6.07, 6.45) is 1.81. The van der Waals surface area contributed by atoms with E-state index in [4.69, 9.17) is 4.74 Å². The third kappa shape index (κ3) is 3.93. The molecule has 1 amide bonds. The smallest absolute Gasteiger partial charge is 0.253 e. The Morgan fingerprint density at radius 3 is 2.67 bits per heavy atom. The lowest BCUT2D eigenvalue weighted by Crippen LogP contribution is -2.34. The number of fused-ring (bicyclic) bond motifs is 1. The molecule has 2 aromatic carbocycles. The number of carbonyl (C=O) groups is 1. The number of hydrogen-bond donors (Lipinski definition) is 0. The van der Waals surface area contributed by atoms with Crippen LogP contribution in [0.4, 0.5) is 5.69 Å². The minimum Gasteiger partial charge on any atom is -0.497 e. The van der Waals surface area contributed by atoms with Crippen molar-refractivity contribution in [1.29, 1.82) is 0 Å². The molecule has 0 fully saturated rings. The minimum atomic E-state index is -3.34. The van der Waals surface area contributed by atoms with Crippen LogP contribution in [0, 0.1) is 0 Å². The maximum Gasteiger partial charge on any atom is 0.253 e. The van der Waals surface area contributed by atoms with Gasteiger partial charge in [0.2, 0.25) is 10.0 Å². The number of benzene rings is 2. The molecule has 0 saturated carbocycles. The lowest BCUT2D eigenvalue weighted by atomic mass is 10.1. The molecule has 3 rings (SSSR count). The highest BCUT2D eigenvalue weighted by Crippen LogP contribution is 2.34. The molecule has 1 aliphatic heterocycles. The topological polar surface area (TPSA) is 66.9 Å². The van der Waals surface area contributed by atoms with E-state index in [1.165, 1.54) is 10.6 Å². The Kier molecular flexibility index (Phi) is 5.15. The highest BCUT2D eigenvalue weighted by molar-refractivity contribution is 7.92. The molecule has 6 nitrogen and oxygen atoms in total. The molecule has 1 heterocycles. The fourth-order valence-electron chi connectivity index (χ4n) is 3.58. The molecule has 0 unspecified atom stereocenters. The molecule has 1 aliphatic rings. The Balaban J connectivity index is 1.81. The second kappa shape index (κ2) is 7.23. The van der Waals surface area contributed by atoms with Crippen molar-refractivity contribution >= 4 is 21.6 Å². The molecular formula is C20H24N2O4S. The van der Waals surface area contributed by atoms with Crippen molar-refractivity contribution in [3.8, 4) is 5.75 Å². The third-order valence-electron chi connectivity index (χ3n) is 4.74. The molecule has 0 N–H and O–H groups in total. The average molecular weight is 388 g/mol. The fraction of sp³-hybridized carbons (Fsp3) is 0.350. The van der Waals surface area contributed by atoms with Crippen LogP contribution in [0.15, 0.2) is 42.5 Å². The zero-order valence-corrected chi connectivity index (χ0v) is 16.8. The number of hydrogen-bond acceptors (Lipinski definition) is 4. The SMILES string of the molecule is COc1cccc(CN(C)C(=O)c2ccc3c(c2)C[C@H](C)N3S(C)(=O)=O)c1. The lowest BCUT2D eigenvalue weighted by Gasteiger charge is -2.22. The van der Waals surface area contributed by atoms with Gasteiger partial charge >= 0.3 is 0 Å². The zero-order chi connectivity index (χ0) is 19.8. The van der Waals surface area contributed by atoms with Crippen LogP contribution in [0.3, 0.4) is 0 Å². The molecule has 0 saturated heterocycles. The predicted octanol–water partition coefficient (Wildman–Crippen LogP) is 2.68. The molecule has 0 spiro atoms. The van der Waals surface area contributed by atoms with Crippen LogP contribution >= 0.6 is 0 Å². The van der Waals surface area contributed by atoms with Gasteiger partial charge in [-0.25, -0.2) is 8.42 Å². The average Bonchev–Trinajstić information content (AvgIpc) is 2.96. The molecule has 0 aliphatic carbocycles. The molecule has 0 bridgehead atoms. The number of anilines is 1. The highest BCUT2D eigenvalue weighted by Gasteiger charge is 2.33. The van der Waals surface area contributed by atoms with Gasteiger partial charge in [-0.2, -0.15) is 0 Å². The van der Waals surface area contributed by atoms with E-state index in [1.54, 1.807) is 37.3 Å². The van der Waals surface area contributed by atoms with Crippen LogP contribution < -0.4 is 9.04 Å². The first-order chi connectivity index (χ1) is 12.7. The standard InChI is InChI=1S/C20H24N2O4S/c1-14-10-17-12-16(8-9-19(17)22(14)27(4,24)25)20(23)21(2)13-15-6-5-7-18(11-15)26-3/h5-9,11-12,14H,10,13H2,1-4H3/t14-/m0/s1. The van der Waals surface area contributed by atoms with Crippen molar-refractivity contribution in [2.75, 3.05) is 24.7 Å². The van der Waals surface area contributed by atoms with Gasteiger partial charge in [-0.3, -0.25) is 9.10 Å². The predicted molar refractivity (Wildman–Crippen MR) is 106 cm³/mol. The summed E-state index contributed by atoms with van der Waals surface area (Å²) in [6, 6.07) is 12.7. The zero-order valence-electron chi connectivity index (χ0n) is 16.0. The molecule has 7 heteroatoms. The first-order valence-corrected chi connectivity index (χ1v) is 10.6. The summed E-state index contributed by atoms with van der Waals surface area (Å²) in [4.78, 5) is 14.5. The van der Waals surface area contributed by atoms with Gasteiger partial charge in [0.1, 0.15) is 5.75 Å². The third-order valence-corrected chi connectivity index (χ3v) is 6.01. The van der Waals surface area contributed by atoms with Gasteiger partial charge in [-0.1, -0.05) is 12.1 Å². The quantitative estimate of drug-likeness (QED) is 0.790. The summed E-state index contributed by atoms with van der Waals surface area (Å²) in [5.41, 5.74) is 3.08. The Labute approximate surface area is 160 Å². The summed E-state index contributed by atoms with van der Waals surface area (Å²) in [6.45, 7) is 2.33. The van der Waals surface area contributed by atoms with E-state index in [-0.39, 0.29) is 11.9 Å². The number of sulfonamides is 1. The highest BCUT2D eigenvalue weighted by atomic mass is 32.2. The fourth-order valence-corrected chi connectivity index (χ4v) is 4.84. The molecule has 27 heavy (non-hydrogen) atoms. The second-order valence-corrected chi connectivity index (χ2v) is 8.83. The van der Waals surface area contributed by atoms with E-state index in [2.05, 4.69) is 0 Å². The van der Waals surface area contributed by atoms with E-state index < -0.39 is 10.0 Å². The Hall–Kier alpha value is -2.54. The van der Waals surface area contributed by atoms with Gasteiger partial charge in [-0.05, 0) is 54.8 Å². The van der Waals surface area contributed by atoms with Gasteiger partial charge in [0, 0.05) is 25.2 Å². The van der Waals surface area contributed by atoms with Crippen LogP contribution in [0.25, 0.3) is 0 Å². The van der Waals surface area contributed by atoms with Gasteiger partial charge in [0.25, 0.3) is 5.91 Å². The van der Waals surface area contributed by atoms with Crippen LogP contribution in [0.1, 0.15) is 28.4 Å². The van der Waals surface area contributed by atoms with Crippen LogP contribution in [0.5, 0.6) is 5.75 Å². The van der Waals surface area contributed by atoms with E-state index in [1.807, 2.05) is 31.2 Å².